The summed E-state index contributed by atoms with van der Waals surface area (Å²) in [5.74, 6) is 0.819. The van der Waals surface area contributed by atoms with E-state index < -0.39 is 6.04 Å². The molecule has 7 nitrogen and oxygen atoms in total. The molecule has 0 aliphatic carbocycles. The number of anilines is 1. The van der Waals surface area contributed by atoms with Gasteiger partial charge in [-0.05, 0) is 31.1 Å². The topological polar surface area (TPSA) is 93.2 Å². The van der Waals surface area contributed by atoms with E-state index in [0.29, 0.717) is 24.8 Å². The monoisotopic (exact) mass is 371 g/mol. The molecule has 2 rings (SSSR count). The standard InChI is InChI=1S/C17H29N5O2.ClH/c1-12(2)8-15(18)17(24)19-10-13-4-6-22(7-5-13)14-9-16(23)21(3)20-11-14;/h9,11-13,15H,4-8,10,18H2,1-3H3,(H,19,24);1H/t15-;/m1./s1. The predicted octanol–water partition coefficient (Wildman–Crippen LogP) is 0.908. The Bertz CT molecular complexity index is 611. The van der Waals surface area contributed by atoms with Gasteiger partial charge < -0.3 is 16.0 Å². The zero-order valence-electron chi connectivity index (χ0n) is 15.3. The van der Waals surface area contributed by atoms with Crippen molar-refractivity contribution in [1.29, 1.82) is 0 Å². The summed E-state index contributed by atoms with van der Waals surface area (Å²) < 4.78 is 1.33. The fourth-order valence-electron chi connectivity index (χ4n) is 3.02. The Morgan fingerprint density at radius 1 is 1.40 bits per heavy atom. The highest BCUT2D eigenvalue weighted by atomic mass is 35.5. The zero-order chi connectivity index (χ0) is 17.7. The summed E-state index contributed by atoms with van der Waals surface area (Å²) in [6.07, 6.45) is 4.40. The van der Waals surface area contributed by atoms with Gasteiger partial charge in [0.2, 0.25) is 5.91 Å². The van der Waals surface area contributed by atoms with E-state index in [1.54, 1.807) is 19.3 Å². The van der Waals surface area contributed by atoms with E-state index in [2.05, 4.69) is 29.2 Å². The lowest BCUT2D eigenvalue weighted by Gasteiger charge is -2.33. The van der Waals surface area contributed by atoms with Gasteiger partial charge in [0.1, 0.15) is 0 Å². The summed E-state index contributed by atoms with van der Waals surface area (Å²) in [5.41, 5.74) is 6.68. The van der Waals surface area contributed by atoms with Gasteiger partial charge in [-0.1, -0.05) is 13.8 Å². The van der Waals surface area contributed by atoms with Gasteiger partial charge >= 0.3 is 0 Å². The second-order valence-electron chi connectivity index (χ2n) is 7.09. The van der Waals surface area contributed by atoms with Crippen LogP contribution in [0.2, 0.25) is 0 Å². The van der Waals surface area contributed by atoms with Gasteiger partial charge in [-0.3, -0.25) is 9.59 Å². The van der Waals surface area contributed by atoms with E-state index in [1.165, 1.54) is 4.68 Å². The van der Waals surface area contributed by atoms with Crippen molar-refractivity contribution in [2.45, 2.75) is 39.2 Å². The molecule has 3 N–H and O–H groups in total. The van der Waals surface area contributed by atoms with Gasteiger partial charge in [-0.2, -0.15) is 5.10 Å². The van der Waals surface area contributed by atoms with Crippen molar-refractivity contribution >= 4 is 24.0 Å². The van der Waals surface area contributed by atoms with Crippen LogP contribution in [0.4, 0.5) is 5.69 Å². The molecule has 1 aromatic rings. The van der Waals surface area contributed by atoms with Crippen molar-refractivity contribution in [2.24, 2.45) is 24.6 Å². The third kappa shape index (κ3) is 6.32. The average molecular weight is 372 g/mol. The third-order valence-corrected chi connectivity index (χ3v) is 4.56. The lowest BCUT2D eigenvalue weighted by molar-refractivity contribution is -0.122. The number of carbonyl (C=O) groups is 1. The molecule has 8 heteroatoms. The molecular weight excluding hydrogens is 342 g/mol. The van der Waals surface area contributed by atoms with Gasteiger partial charge in [0, 0.05) is 32.7 Å². The lowest BCUT2D eigenvalue weighted by atomic mass is 9.96. The van der Waals surface area contributed by atoms with Crippen LogP contribution in [-0.4, -0.2) is 41.4 Å². The van der Waals surface area contributed by atoms with E-state index in [-0.39, 0.29) is 23.9 Å². The minimum atomic E-state index is -0.420. The molecule has 1 aliphatic heterocycles. The Hall–Kier alpha value is -1.60. The van der Waals surface area contributed by atoms with Crippen LogP contribution in [0.5, 0.6) is 0 Å². The normalized spacial score (nSPS) is 16.4. The molecule has 1 aromatic heterocycles. The minimum Gasteiger partial charge on any atom is -0.370 e. The summed E-state index contributed by atoms with van der Waals surface area (Å²) >= 11 is 0. The molecule has 1 amide bonds. The van der Waals surface area contributed by atoms with Crippen molar-refractivity contribution in [3.63, 3.8) is 0 Å². The lowest BCUT2D eigenvalue weighted by Crippen LogP contribution is -2.45. The SMILES string of the molecule is CC(C)C[C@@H](N)C(=O)NCC1CCN(c2cnn(C)c(=O)c2)CC1.Cl. The number of rotatable bonds is 6. The molecule has 0 saturated carbocycles. The van der Waals surface area contributed by atoms with Crippen LogP contribution in [0.3, 0.4) is 0 Å². The molecule has 1 atom stereocenters. The molecule has 25 heavy (non-hydrogen) atoms. The maximum absolute atomic E-state index is 12.0. The Morgan fingerprint density at radius 2 is 2.04 bits per heavy atom. The van der Waals surface area contributed by atoms with E-state index in [9.17, 15) is 9.59 Å². The van der Waals surface area contributed by atoms with Crippen LogP contribution in [0.15, 0.2) is 17.1 Å². The second-order valence-corrected chi connectivity index (χ2v) is 7.09. The Balaban J connectivity index is 0.00000312. The number of amides is 1. The fraction of sp³-hybridized carbons (Fsp3) is 0.706. The smallest absolute Gasteiger partial charge is 0.268 e. The van der Waals surface area contributed by atoms with Gasteiger partial charge in [0.15, 0.2) is 0 Å². The van der Waals surface area contributed by atoms with Crippen LogP contribution in [-0.2, 0) is 11.8 Å². The van der Waals surface area contributed by atoms with E-state index >= 15 is 0 Å². The maximum atomic E-state index is 12.0. The summed E-state index contributed by atoms with van der Waals surface area (Å²) in [4.78, 5) is 25.8. The molecule has 1 aliphatic rings. The summed E-state index contributed by atoms with van der Waals surface area (Å²) in [6.45, 7) is 6.54. The van der Waals surface area contributed by atoms with Crippen molar-refractivity contribution in [1.82, 2.24) is 15.1 Å². The molecule has 1 fully saturated rings. The highest BCUT2D eigenvalue weighted by Gasteiger charge is 2.22. The molecule has 0 unspecified atom stereocenters. The van der Waals surface area contributed by atoms with Crippen molar-refractivity contribution in [2.75, 3.05) is 24.5 Å². The van der Waals surface area contributed by atoms with Crippen LogP contribution in [0, 0.1) is 11.8 Å². The summed E-state index contributed by atoms with van der Waals surface area (Å²) in [7, 11) is 1.64. The number of nitrogens with zero attached hydrogens (tertiary/aromatic N) is 3. The van der Waals surface area contributed by atoms with Crippen LogP contribution in [0.25, 0.3) is 0 Å². The Morgan fingerprint density at radius 3 is 2.60 bits per heavy atom. The van der Waals surface area contributed by atoms with E-state index in [0.717, 1.165) is 31.6 Å². The number of nitrogens with one attached hydrogen (secondary N) is 1. The van der Waals surface area contributed by atoms with Crippen molar-refractivity contribution < 1.29 is 4.79 Å². The molecule has 142 valence electrons. The van der Waals surface area contributed by atoms with Gasteiger partial charge in [-0.15, -0.1) is 12.4 Å². The van der Waals surface area contributed by atoms with Gasteiger partial charge in [0.25, 0.3) is 5.56 Å². The molecule has 2 heterocycles. The second kappa shape index (κ2) is 9.77. The number of hydrogen-bond acceptors (Lipinski definition) is 5. The number of carbonyl (C=O) groups excluding carboxylic acids is 1. The maximum Gasteiger partial charge on any atom is 0.268 e. The average Bonchev–Trinajstić information content (AvgIpc) is 2.55. The number of aryl methyl sites for hydroxylation is 1. The first-order valence-electron chi connectivity index (χ1n) is 8.68. The van der Waals surface area contributed by atoms with E-state index in [1.807, 2.05) is 0 Å². The highest BCUT2D eigenvalue weighted by Crippen LogP contribution is 2.21. The zero-order valence-corrected chi connectivity index (χ0v) is 16.1. The molecular formula is C17H30ClN5O2. The predicted molar refractivity (Wildman–Crippen MR) is 102 cm³/mol. The molecule has 0 aromatic carbocycles. The van der Waals surface area contributed by atoms with Crippen LogP contribution in [0.1, 0.15) is 33.1 Å². The van der Waals surface area contributed by atoms with Gasteiger partial charge in [-0.25, -0.2) is 4.68 Å². The first-order valence-corrected chi connectivity index (χ1v) is 8.68. The molecule has 0 bridgehead atoms. The summed E-state index contributed by atoms with van der Waals surface area (Å²) in [6, 6.07) is 1.21. The van der Waals surface area contributed by atoms with Crippen molar-refractivity contribution in [3.05, 3.63) is 22.6 Å². The quantitative estimate of drug-likeness (QED) is 0.775. The fourth-order valence-corrected chi connectivity index (χ4v) is 3.02. The first kappa shape index (κ1) is 21.4. The molecule has 0 radical (unpaired) electrons. The number of nitrogens with two attached hydrogens (primary N) is 1. The number of piperidine rings is 1. The first-order chi connectivity index (χ1) is 11.4. The number of hydrogen-bond donors (Lipinski definition) is 2. The largest absolute Gasteiger partial charge is 0.370 e. The Kier molecular flexibility index (Phi) is 8.38. The minimum absolute atomic E-state index is 0. The molecule has 0 spiro atoms. The van der Waals surface area contributed by atoms with Crippen LogP contribution >= 0.6 is 12.4 Å². The Labute approximate surface area is 155 Å². The van der Waals surface area contributed by atoms with E-state index in [4.69, 9.17) is 5.73 Å². The third-order valence-electron chi connectivity index (χ3n) is 4.56. The van der Waals surface area contributed by atoms with Gasteiger partial charge in [0.05, 0.1) is 17.9 Å². The van der Waals surface area contributed by atoms with Crippen molar-refractivity contribution in [3.8, 4) is 0 Å². The number of halogens is 1. The number of aromatic nitrogens is 2. The van der Waals surface area contributed by atoms with Crippen LogP contribution < -0.4 is 21.5 Å². The summed E-state index contributed by atoms with van der Waals surface area (Å²) in [5, 5.41) is 7.05. The highest BCUT2D eigenvalue weighted by molar-refractivity contribution is 5.85. The molecule has 1 saturated heterocycles.